The van der Waals surface area contributed by atoms with E-state index < -0.39 is 0 Å². The molecule has 2 N–H and O–H groups in total. The highest BCUT2D eigenvalue weighted by Crippen LogP contribution is 2.38. The van der Waals surface area contributed by atoms with Crippen molar-refractivity contribution in [3.8, 4) is 22.3 Å². The Morgan fingerprint density at radius 1 is 0.500 bits per heavy atom. The first kappa shape index (κ1) is 31.2. The summed E-state index contributed by atoms with van der Waals surface area (Å²) in [5.74, 6) is -0.493. The van der Waals surface area contributed by atoms with E-state index >= 15 is 0 Å². The molecule has 4 aromatic carbocycles. The molecule has 0 aliphatic rings. The van der Waals surface area contributed by atoms with Crippen molar-refractivity contribution in [1.82, 2.24) is 9.97 Å². The molecule has 0 aliphatic carbocycles. The maximum absolute atomic E-state index is 13.7. The van der Waals surface area contributed by atoms with E-state index in [4.69, 9.17) is 9.97 Å². The van der Waals surface area contributed by atoms with Gasteiger partial charge in [0.15, 0.2) is 0 Å². The molecule has 2 aromatic heterocycles. The van der Waals surface area contributed by atoms with Crippen LogP contribution in [0.2, 0.25) is 0 Å². The predicted octanol–water partition coefficient (Wildman–Crippen LogP) is 10.7. The van der Waals surface area contributed by atoms with Gasteiger partial charge in [0.2, 0.25) is 0 Å². The molecule has 6 aromatic rings. The highest BCUT2D eigenvalue weighted by molar-refractivity contribution is 6.02. The fourth-order valence-corrected chi connectivity index (χ4v) is 6.34. The average Bonchev–Trinajstić information content (AvgIpc) is 3.04. The van der Waals surface area contributed by atoms with Crippen LogP contribution in [0.25, 0.3) is 44.1 Å². The van der Waals surface area contributed by atoms with Crippen LogP contribution >= 0.6 is 0 Å². The SMILES string of the molecule is Cc1ccc2nc(C)c(-c3ccc(F)cc3)c(NCCCCCCNc3c(-c4ccc(F)cc4)c(C)nc4ccc(C)cc34)c2c1. The number of aromatic nitrogens is 2. The van der Waals surface area contributed by atoms with Crippen LogP contribution in [0.3, 0.4) is 0 Å². The number of nitrogens with zero attached hydrogens (tertiary/aromatic N) is 2. The van der Waals surface area contributed by atoms with E-state index in [0.29, 0.717) is 0 Å². The van der Waals surface area contributed by atoms with E-state index in [2.05, 4.69) is 60.9 Å². The van der Waals surface area contributed by atoms with Gasteiger partial charge in [-0.1, -0.05) is 60.4 Å². The topological polar surface area (TPSA) is 49.8 Å². The fourth-order valence-electron chi connectivity index (χ4n) is 6.34. The van der Waals surface area contributed by atoms with Crippen LogP contribution in [0.15, 0.2) is 84.9 Å². The van der Waals surface area contributed by atoms with Crippen LogP contribution < -0.4 is 10.6 Å². The van der Waals surface area contributed by atoms with Crippen molar-refractivity contribution in [2.45, 2.75) is 53.4 Å². The normalized spacial score (nSPS) is 11.3. The molecule has 2 heterocycles. The summed E-state index contributed by atoms with van der Waals surface area (Å²) >= 11 is 0. The molecule has 0 fully saturated rings. The molecule has 0 atom stereocenters. The molecule has 0 saturated heterocycles. The Labute approximate surface area is 269 Å². The van der Waals surface area contributed by atoms with Crippen molar-refractivity contribution in [1.29, 1.82) is 0 Å². The predicted molar refractivity (Wildman–Crippen MR) is 189 cm³/mol. The zero-order chi connectivity index (χ0) is 32.2. The fraction of sp³-hybridized carbons (Fsp3) is 0.250. The molecule has 0 bridgehead atoms. The summed E-state index contributed by atoms with van der Waals surface area (Å²) in [7, 11) is 0. The van der Waals surface area contributed by atoms with Gasteiger partial charge in [0, 0.05) is 46.4 Å². The lowest BCUT2D eigenvalue weighted by Crippen LogP contribution is -2.07. The van der Waals surface area contributed by atoms with Gasteiger partial charge in [-0.2, -0.15) is 0 Å². The molecule has 6 heteroatoms. The quantitative estimate of drug-likeness (QED) is 0.143. The molecule has 0 aliphatic heterocycles. The molecule has 0 saturated carbocycles. The van der Waals surface area contributed by atoms with Gasteiger partial charge in [-0.25, -0.2) is 8.78 Å². The number of hydrogen-bond acceptors (Lipinski definition) is 4. The molecule has 234 valence electrons. The number of unbranched alkanes of at least 4 members (excludes halogenated alkanes) is 3. The van der Waals surface area contributed by atoms with Crippen LogP contribution in [-0.2, 0) is 0 Å². The second kappa shape index (κ2) is 13.7. The summed E-state index contributed by atoms with van der Waals surface area (Å²) in [4.78, 5) is 9.75. The molecule has 0 unspecified atom stereocenters. The van der Waals surface area contributed by atoms with Crippen LogP contribution in [0.5, 0.6) is 0 Å². The maximum Gasteiger partial charge on any atom is 0.123 e. The van der Waals surface area contributed by atoms with Crippen molar-refractivity contribution in [2.24, 2.45) is 0 Å². The number of anilines is 2. The van der Waals surface area contributed by atoms with Crippen molar-refractivity contribution in [2.75, 3.05) is 23.7 Å². The van der Waals surface area contributed by atoms with Gasteiger partial charge in [-0.05, 0) is 100 Å². The van der Waals surface area contributed by atoms with Crippen LogP contribution in [-0.4, -0.2) is 23.1 Å². The van der Waals surface area contributed by atoms with Gasteiger partial charge >= 0.3 is 0 Å². The van der Waals surface area contributed by atoms with Crippen molar-refractivity contribution < 1.29 is 8.78 Å². The Morgan fingerprint density at radius 2 is 0.891 bits per heavy atom. The number of halogens is 2. The molecule has 4 nitrogen and oxygen atoms in total. The summed E-state index contributed by atoms with van der Waals surface area (Å²) in [6, 6.07) is 26.0. The van der Waals surface area contributed by atoms with Gasteiger partial charge in [-0.15, -0.1) is 0 Å². The van der Waals surface area contributed by atoms with Gasteiger partial charge in [0.05, 0.1) is 22.4 Å². The summed E-state index contributed by atoms with van der Waals surface area (Å²) < 4.78 is 27.5. The molecule has 0 spiro atoms. The Bertz CT molecular complexity index is 1850. The monoisotopic (exact) mass is 614 g/mol. The van der Waals surface area contributed by atoms with Crippen LogP contribution in [0.1, 0.15) is 48.2 Å². The van der Waals surface area contributed by atoms with Crippen molar-refractivity contribution in [3.05, 3.63) is 119 Å². The second-order valence-corrected chi connectivity index (χ2v) is 12.2. The summed E-state index contributed by atoms with van der Waals surface area (Å²) in [5, 5.41) is 9.63. The van der Waals surface area contributed by atoms with E-state index in [1.807, 2.05) is 38.1 Å². The first-order valence-electron chi connectivity index (χ1n) is 16.1. The molecule has 46 heavy (non-hydrogen) atoms. The van der Waals surface area contributed by atoms with Gasteiger partial charge in [0.1, 0.15) is 11.6 Å². The van der Waals surface area contributed by atoms with Gasteiger partial charge in [0.25, 0.3) is 0 Å². The molecular weight excluding hydrogens is 574 g/mol. The highest BCUT2D eigenvalue weighted by Gasteiger charge is 2.16. The lowest BCUT2D eigenvalue weighted by molar-refractivity contribution is 0.627. The third kappa shape index (κ3) is 6.71. The third-order valence-corrected chi connectivity index (χ3v) is 8.62. The van der Waals surface area contributed by atoms with E-state index in [-0.39, 0.29) is 11.6 Å². The summed E-state index contributed by atoms with van der Waals surface area (Å²) in [6.07, 6.45) is 4.22. The minimum atomic E-state index is -0.246. The Balaban J connectivity index is 1.12. The molecular formula is C40H40F2N4. The Morgan fingerprint density at radius 3 is 1.28 bits per heavy atom. The largest absolute Gasteiger partial charge is 0.384 e. The lowest BCUT2D eigenvalue weighted by atomic mass is 9.98. The first-order valence-corrected chi connectivity index (χ1v) is 16.1. The number of fused-ring (bicyclic) bond motifs is 2. The lowest BCUT2D eigenvalue weighted by Gasteiger charge is -2.18. The number of nitrogens with one attached hydrogen (secondary N) is 2. The van der Waals surface area contributed by atoms with Gasteiger partial charge < -0.3 is 10.6 Å². The molecule has 0 amide bonds. The van der Waals surface area contributed by atoms with Crippen LogP contribution in [0, 0.1) is 39.3 Å². The Kier molecular flexibility index (Phi) is 9.25. The smallest absolute Gasteiger partial charge is 0.123 e. The first-order chi connectivity index (χ1) is 22.3. The van der Waals surface area contributed by atoms with Crippen molar-refractivity contribution in [3.63, 3.8) is 0 Å². The Hall–Kier alpha value is -4.84. The van der Waals surface area contributed by atoms with E-state index in [1.165, 1.54) is 35.4 Å². The summed E-state index contributed by atoms with van der Waals surface area (Å²) in [5.41, 5.74) is 12.2. The molecule has 6 rings (SSSR count). The van der Waals surface area contributed by atoms with Gasteiger partial charge in [-0.3, -0.25) is 9.97 Å². The minimum Gasteiger partial charge on any atom is -0.384 e. The number of rotatable bonds is 11. The number of pyridine rings is 2. The highest BCUT2D eigenvalue weighted by atomic mass is 19.1. The maximum atomic E-state index is 13.7. The standard InChI is InChI=1S/C40H40F2N4/c1-25-9-19-35-33(23-25)39(37(27(3)45-35)29-11-15-31(41)16-12-29)43-21-7-5-6-8-22-44-40-34-24-26(2)10-20-36(34)46-28(4)38(40)30-13-17-32(42)18-14-30/h9-20,23-24H,5-8,21-22H2,1-4H3,(H,43,45)(H,44,46). The average molecular weight is 615 g/mol. The third-order valence-electron chi connectivity index (χ3n) is 8.62. The van der Waals surface area contributed by atoms with Crippen molar-refractivity contribution >= 4 is 33.2 Å². The minimum absolute atomic E-state index is 0.246. The van der Waals surface area contributed by atoms with E-state index in [1.54, 1.807) is 0 Å². The number of aryl methyl sites for hydroxylation is 4. The van der Waals surface area contributed by atoms with E-state index in [0.717, 1.165) is 106 Å². The second-order valence-electron chi connectivity index (χ2n) is 12.2. The number of hydrogen-bond donors (Lipinski definition) is 2. The zero-order valence-corrected chi connectivity index (χ0v) is 27.0. The summed E-state index contributed by atoms with van der Waals surface area (Å²) in [6.45, 7) is 9.88. The van der Waals surface area contributed by atoms with E-state index in [9.17, 15) is 8.78 Å². The zero-order valence-electron chi connectivity index (χ0n) is 27.0. The van der Waals surface area contributed by atoms with Crippen LogP contribution in [0.4, 0.5) is 20.2 Å². The molecule has 0 radical (unpaired) electrons. The number of benzene rings is 4.